The second-order valence-electron chi connectivity index (χ2n) is 12.4. The van der Waals surface area contributed by atoms with Crippen molar-refractivity contribution in [3.8, 4) is 39.4 Å². The third-order valence-electron chi connectivity index (χ3n) is 9.88. The molecule has 0 fully saturated rings. The first kappa shape index (κ1) is 25.5. The summed E-state index contributed by atoms with van der Waals surface area (Å²) in [5, 5.41) is 4.80. The van der Waals surface area contributed by atoms with Gasteiger partial charge >= 0.3 is 0 Å². The summed E-state index contributed by atoms with van der Waals surface area (Å²) in [6, 6.07) is 52.3. The molecule has 0 radical (unpaired) electrons. The summed E-state index contributed by atoms with van der Waals surface area (Å²) in [5.74, 6) is 2.00. The molecule has 47 heavy (non-hydrogen) atoms. The number of para-hydroxylation sites is 4. The highest BCUT2D eigenvalue weighted by atomic mass is 32.2. The van der Waals surface area contributed by atoms with E-state index in [0.29, 0.717) is 0 Å². The van der Waals surface area contributed by atoms with Crippen LogP contribution in [-0.2, 0) is 0 Å². The molecule has 0 amide bonds. The molecule has 11 rings (SSSR count). The Kier molecular flexibility index (Phi) is 5.13. The van der Waals surface area contributed by atoms with Gasteiger partial charge in [-0.1, -0.05) is 91.0 Å². The standard InChI is InChI=1S/C42H24BNO2S/c1-5-13-35-28(9-1)29-10-2-6-14-36(29)44(35)27-23-33-31-19-17-26(25-18-20-38-32(21-25)30-11-3-7-15-37(30)45-38)22-41(31)47-43-34-12-4-8-16-39(34)46-40(24-27)42(33)43/h1-24H. The number of rotatable bonds is 2. The van der Waals surface area contributed by atoms with Gasteiger partial charge in [0.15, 0.2) is 0 Å². The normalized spacial score (nSPS) is 13.1. The zero-order valence-electron chi connectivity index (χ0n) is 25.1. The molecule has 0 saturated heterocycles. The Labute approximate surface area is 275 Å². The summed E-state index contributed by atoms with van der Waals surface area (Å²) in [5.41, 5.74) is 12.7. The first-order valence-electron chi connectivity index (χ1n) is 15.9. The van der Waals surface area contributed by atoms with Crippen molar-refractivity contribution >= 4 is 72.3 Å². The Balaban J connectivity index is 1.14. The van der Waals surface area contributed by atoms with Crippen molar-refractivity contribution in [1.82, 2.24) is 4.57 Å². The van der Waals surface area contributed by atoms with Crippen molar-refractivity contribution < 1.29 is 9.15 Å². The first-order valence-corrected chi connectivity index (χ1v) is 16.8. The average Bonchev–Trinajstić information content (AvgIpc) is 3.67. The van der Waals surface area contributed by atoms with Crippen molar-refractivity contribution in [3.05, 3.63) is 146 Å². The van der Waals surface area contributed by atoms with Crippen LogP contribution in [0.5, 0.6) is 11.5 Å². The predicted octanol–water partition coefficient (Wildman–Crippen LogP) is 10.3. The molecule has 0 atom stereocenters. The lowest BCUT2D eigenvalue weighted by Crippen LogP contribution is -2.46. The average molecular weight is 618 g/mol. The van der Waals surface area contributed by atoms with E-state index in [1.54, 1.807) is 0 Å². The Morgan fingerprint density at radius 1 is 0.511 bits per heavy atom. The largest absolute Gasteiger partial charge is 0.458 e. The van der Waals surface area contributed by atoms with Crippen molar-refractivity contribution in [3.63, 3.8) is 0 Å². The second-order valence-corrected chi connectivity index (χ2v) is 13.6. The highest BCUT2D eigenvalue weighted by Gasteiger charge is 2.39. The number of nitrogens with zero attached hydrogens (tertiary/aromatic N) is 1. The zero-order chi connectivity index (χ0) is 30.6. The van der Waals surface area contributed by atoms with E-state index in [0.717, 1.165) is 39.1 Å². The van der Waals surface area contributed by atoms with Gasteiger partial charge in [-0.25, -0.2) is 0 Å². The molecule has 5 heteroatoms. The zero-order valence-corrected chi connectivity index (χ0v) is 25.9. The van der Waals surface area contributed by atoms with Gasteiger partial charge in [-0.15, -0.1) is 0 Å². The number of ether oxygens (including phenoxy) is 1. The highest BCUT2D eigenvalue weighted by molar-refractivity contribution is 8.28. The molecule has 9 aromatic rings. The Morgan fingerprint density at radius 2 is 1.19 bits per heavy atom. The SMILES string of the molecule is c1ccc2c(c1)Oc1cc(-n3c4ccccc4c4ccccc43)cc3c1B2Sc1cc(-c2ccc4oc5ccccc5c4c2)ccc1-3. The van der Waals surface area contributed by atoms with E-state index < -0.39 is 0 Å². The van der Waals surface area contributed by atoms with Crippen LogP contribution in [0.4, 0.5) is 0 Å². The van der Waals surface area contributed by atoms with Crippen LogP contribution in [0.2, 0.25) is 0 Å². The van der Waals surface area contributed by atoms with E-state index in [1.165, 1.54) is 59.9 Å². The van der Waals surface area contributed by atoms with Gasteiger partial charge in [0.2, 0.25) is 0 Å². The van der Waals surface area contributed by atoms with Crippen molar-refractivity contribution in [1.29, 1.82) is 0 Å². The van der Waals surface area contributed by atoms with Crippen LogP contribution in [0, 0.1) is 0 Å². The van der Waals surface area contributed by atoms with Crippen LogP contribution in [-0.4, -0.2) is 10.6 Å². The fourth-order valence-electron chi connectivity index (χ4n) is 7.76. The van der Waals surface area contributed by atoms with Crippen LogP contribution in [0.15, 0.2) is 155 Å². The van der Waals surface area contributed by atoms with Crippen LogP contribution in [0.3, 0.4) is 0 Å². The minimum absolute atomic E-state index is 0.139. The van der Waals surface area contributed by atoms with Gasteiger partial charge in [0.25, 0.3) is 5.99 Å². The van der Waals surface area contributed by atoms with Crippen molar-refractivity contribution in [2.75, 3.05) is 0 Å². The maximum absolute atomic E-state index is 6.73. The monoisotopic (exact) mass is 617 g/mol. The van der Waals surface area contributed by atoms with Gasteiger partial charge in [-0.05, 0) is 81.7 Å². The third-order valence-corrected chi connectivity index (χ3v) is 11.2. The lowest BCUT2D eigenvalue weighted by atomic mass is 9.57. The molecule has 0 aliphatic carbocycles. The molecule has 4 heterocycles. The van der Waals surface area contributed by atoms with Crippen LogP contribution in [0.25, 0.3) is 71.7 Å². The van der Waals surface area contributed by atoms with Crippen LogP contribution < -0.4 is 15.7 Å². The second kappa shape index (κ2) is 9.44. The van der Waals surface area contributed by atoms with Gasteiger partial charge < -0.3 is 13.7 Å². The van der Waals surface area contributed by atoms with Gasteiger partial charge in [-0.2, -0.15) is 11.6 Å². The molecule has 2 aromatic heterocycles. The van der Waals surface area contributed by atoms with E-state index in [1.807, 2.05) is 23.7 Å². The first-order chi connectivity index (χ1) is 23.3. The molecule has 2 aliphatic heterocycles. The summed E-state index contributed by atoms with van der Waals surface area (Å²) < 4.78 is 15.2. The number of fused-ring (bicyclic) bond motifs is 10. The number of hydrogen-bond acceptors (Lipinski definition) is 3. The minimum atomic E-state index is 0.139. The molecule has 3 nitrogen and oxygen atoms in total. The molecule has 0 saturated carbocycles. The molecule has 0 N–H and O–H groups in total. The number of benzene rings is 7. The van der Waals surface area contributed by atoms with Crippen LogP contribution >= 0.6 is 11.6 Å². The Bertz CT molecular complexity index is 2720. The van der Waals surface area contributed by atoms with Gasteiger partial charge in [-0.3, -0.25) is 0 Å². The van der Waals surface area contributed by atoms with E-state index >= 15 is 0 Å². The van der Waals surface area contributed by atoms with Gasteiger partial charge in [0, 0.05) is 32.5 Å². The molecule has 0 bridgehead atoms. The summed E-state index contributed by atoms with van der Waals surface area (Å²) in [7, 11) is 0. The number of aromatic nitrogens is 1. The quantitative estimate of drug-likeness (QED) is 0.181. The van der Waals surface area contributed by atoms with Gasteiger partial charge in [0.05, 0.1) is 16.7 Å². The topological polar surface area (TPSA) is 27.3 Å². The van der Waals surface area contributed by atoms with E-state index in [2.05, 4.69) is 138 Å². The minimum Gasteiger partial charge on any atom is -0.458 e. The number of furan rings is 1. The summed E-state index contributed by atoms with van der Waals surface area (Å²) in [4.78, 5) is 1.28. The van der Waals surface area contributed by atoms with E-state index in [-0.39, 0.29) is 5.99 Å². The fourth-order valence-corrected chi connectivity index (χ4v) is 9.20. The van der Waals surface area contributed by atoms with Gasteiger partial charge in [0.1, 0.15) is 22.7 Å². The van der Waals surface area contributed by atoms with Crippen molar-refractivity contribution in [2.45, 2.75) is 4.90 Å². The molecular formula is C42H24BNO2S. The van der Waals surface area contributed by atoms with Crippen molar-refractivity contribution in [2.24, 2.45) is 0 Å². The molecule has 0 spiro atoms. The summed E-state index contributed by atoms with van der Waals surface area (Å²) in [6.07, 6.45) is 0. The molecular weight excluding hydrogens is 593 g/mol. The lowest BCUT2D eigenvalue weighted by molar-refractivity contribution is 0.487. The predicted molar refractivity (Wildman–Crippen MR) is 196 cm³/mol. The molecule has 0 unspecified atom stereocenters. The lowest BCUT2D eigenvalue weighted by Gasteiger charge is -2.33. The Hall–Kier alpha value is -5.65. The summed E-state index contributed by atoms with van der Waals surface area (Å²) >= 11 is 1.93. The maximum Gasteiger partial charge on any atom is 0.289 e. The maximum atomic E-state index is 6.73. The van der Waals surface area contributed by atoms with Crippen LogP contribution in [0.1, 0.15) is 0 Å². The molecule has 218 valence electrons. The smallest absolute Gasteiger partial charge is 0.289 e. The third kappa shape index (κ3) is 3.60. The van der Waals surface area contributed by atoms with E-state index in [9.17, 15) is 0 Å². The fraction of sp³-hybridized carbons (Fsp3) is 0. The van der Waals surface area contributed by atoms with E-state index in [4.69, 9.17) is 9.15 Å². The highest BCUT2D eigenvalue weighted by Crippen LogP contribution is 2.46. The summed E-state index contributed by atoms with van der Waals surface area (Å²) in [6.45, 7) is 0. The molecule has 2 aliphatic rings. The number of hydrogen-bond donors (Lipinski definition) is 0. The Morgan fingerprint density at radius 3 is 2.04 bits per heavy atom. The molecule has 7 aromatic carbocycles.